The van der Waals surface area contributed by atoms with E-state index in [1.165, 1.54) is 0 Å². The molecule has 8 heteroatoms. The number of aliphatic hydroxyl groups excluding tert-OH is 1. The Morgan fingerprint density at radius 1 is 0.969 bits per heavy atom. The Labute approximate surface area is 189 Å². The van der Waals surface area contributed by atoms with Gasteiger partial charge >= 0.3 is 0 Å². The molecule has 0 radical (unpaired) electrons. The third-order valence-corrected chi connectivity index (χ3v) is 5.44. The van der Waals surface area contributed by atoms with Crippen LogP contribution in [-0.4, -0.2) is 76.2 Å². The van der Waals surface area contributed by atoms with Crippen LogP contribution in [0.1, 0.15) is 12.0 Å². The zero-order valence-electron chi connectivity index (χ0n) is 19.0. The molecule has 1 N–H and O–H groups in total. The summed E-state index contributed by atoms with van der Waals surface area (Å²) in [6.45, 7) is 2.47. The van der Waals surface area contributed by atoms with Gasteiger partial charge in [0.2, 0.25) is 5.91 Å². The Morgan fingerprint density at radius 3 is 2.34 bits per heavy atom. The van der Waals surface area contributed by atoms with E-state index in [1.807, 2.05) is 40.1 Å². The number of fused-ring (bicyclic) bond motifs is 1. The molecule has 1 amide bonds. The normalized spacial score (nSPS) is 14.9. The van der Waals surface area contributed by atoms with Crippen LogP contribution in [0.4, 0.5) is 5.69 Å². The molecule has 0 saturated carbocycles. The summed E-state index contributed by atoms with van der Waals surface area (Å²) in [4.78, 5) is 16.6. The summed E-state index contributed by atoms with van der Waals surface area (Å²) >= 11 is 0. The first-order valence-electron chi connectivity index (χ1n) is 10.7. The van der Waals surface area contributed by atoms with E-state index in [0.29, 0.717) is 45.0 Å². The maximum atomic E-state index is 12.7. The molecule has 0 spiro atoms. The van der Waals surface area contributed by atoms with Crippen LogP contribution in [0, 0.1) is 0 Å². The molecular weight excluding hydrogens is 412 g/mol. The van der Waals surface area contributed by atoms with Gasteiger partial charge < -0.3 is 33.9 Å². The highest BCUT2D eigenvalue weighted by atomic mass is 16.5. The third kappa shape index (κ3) is 6.27. The lowest BCUT2D eigenvalue weighted by Crippen LogP contribution is -2.42. The number of ether oxygens (including phenoxy) is 4. The van der Waals surface area contributed by atoms with Crippen LogP contribution in [0.5, 0.6) is 17.2 Å². The van der Waals surface area contributed by atoms with Crippen molar-refractivity contribution in [1.29, 1.82) is 0 Å². The van der Waals surface area contributed by atoms with E-state index in [2.05, 4.69) is 0 Å². The zero-order chi connectivity index (χ0) is 22.9. The standard InChI is InChI=1S/C24H32N2O6/c1-29-13-12-26-15-18-14-22(31-3)8-9-23(18)25(11-10-24(26)28)16-19(27)17-32-21-6-4-20(30-2)5-7-21/h4-9,14,19,27H,10-13,15-17H2,1-3H3. The van der Waals surface area contributed by atoms with E-state index in [9.17, 15) is 9.90 Å². The molecule has 32 heavy (non-hydrogen) atoms. The molecule has 2 aromatic carbocycles. The van der Waals surface area contributed by atoms with Gasteiger partial charge in [-0.2, -0.15) is 0 Å². The number of carbonyl (C=O) groups excluding carboxylic acids is 1. The molecule has 8 nitrogen and oxygen atoms in total. The minimum Gasteiger partial charge on any atom is -0.497 e. The third-order valence-electron chi connectivity index (χ3n) is 5.44. The molecular formula is C24H32N2O6. The SMILES string of the molecule is COCCN1Cc2cc(OC)ccc2N(CC(O)COc2ccc(OC)cc2)CCC1=O. The van der Waals surface area contributed by atoms with Crippen molar-refractivity contribution >= 4 is 11.6 Å². The maximum Gasteiger partial charge on any atom is 0.224 e. The van der Waals surface area contributed by atoms with Gasteiger partial charge in [0, 0.05) is 45.4 Å². The number of aliphatic hydroxyl groups is 1. The fourth-order valence-corrected chi connectivity index (χ4v) is 3.69. The minimum atomic E-state index is -0.730. The number of hydrogen-bond acceptors (Lipinski definition) is 7. The first-order chi connectivity index (χ1) is 15.5. The zero-order valence-corrected chi connectivity index (χ0v) is 19.0. The van der Waals surface area contributed by atoms with Crippen molar-refractivity contribution in [3.8, 4) is 17.2 Å². The number of β-amino-alcohol motifs (C(OH)–C–C–N with tert-alkyl or cyclic N) is 1. The molecule has 1 unspecified atom stereocenters. The molecule has 0 aromatic heterocycles. The first kappa shape index (κ1) is 23.7. The van der Waals surface area contributed by atoms with E-state index in [-0.39, 0.29) is 12.5 Å². The van der Waals surface area contributed by atoms with Crippen LogP contribution in [-0.2, 0) is 16.1 Å². The number of benzene rings is 2. The van der Waals surface area contributed by atoms with E-state index in [1.54, 1.807) is 33.5 Å². The highest BCUT2D eigenvalue weighted by Gasteiger charge is 2.24. The lowest BCUT2D eigenvalue weighted by molar-refractivity contribution is -0.132. The Bertz CT molecular complexity index is 873. The molecule has 1 heterocycles. The number of methoxy groups -OCH3 is 3. The summed E-state index contributed by atoms with van der Waals surface area (Å²) < 4.78 is 21.4. The summed E-state index contributed by atoms with van der Waals surface area (Å²) in [5.74, 6) is 2.19. The van der Waals surface area contributed by atoms with Crippen molar-refractivity contribution in [2.75, 3.05) is 59.1 Å². The van der Waals surface area contributed by atoms with Gasteiger partial charge in [-0.3, -0.25) is 4.79 Å². The predicted molar refractivity (Wildman–Crippen MR) is 122 cm³/mol. The smallest absolute Gasteiger partial charge is 0.224 e. The largest absolute Gasteiger partial charge is 0.497 e. The van der Waals surface area contributed by atoms with Gasteiger partial charge in [-0.1, -0.05) is 0 Å². The number of nitrogens with zero attached hydrogens (tertiary/aromatic N) is 2. The number of carbonyl (C=O) groups is 1. The monoisotopic (exact) mass is 444 g/mol. The highest BCUT2D eigenvalue weighted by molar-refractivity contribution is 5.78. The van der Waals surface area contributed by atoms with Gasteiger partial charge in [0.1, 0.15) is 30.0 Å². The molecule has 0 saturated heterocycles. The second-order valence-electron chi connectivity index (χ2n) is 7.64. The highest BCUT2D eigenvalue weighted by Crippen LogP contribution is 2.29. The summed E-state index contributed by atoms with van der Waals surface area (Å²) in [6.07, 6.45) is -0.368. The lowest BCUT2D eigenvalue weighted by Gasteiger charge is -2.34. The van der Waals surface area contributed by atoms with Crippen molar-refractivity contribution in [2.24, 2.45) is 0 Å². The molecule has 0 bridgehead atoms. The van der Waals surface area contributed by atoms with Crippen LogP contribution in [0.25, 0.3) is 0 Å². The summed E-state index contributed by atoms with van der Waals surface area (Å²) in [6, 6.07) is 13.0. The van der Waals surface area contributed by atoms with E-state index < -0.39 is 6.10 Å². The maximum absolute atomic E-state index is 12.7. The second-order valence-corrected chi connectivity index (χ2v) is 7.64. The molecule has 1 aliphatic rings. The Morgan fingerprint density at radius 2 is 1.66 bits per heavy atom. The van der Waals surface area contributed by atoms with Crippen LogP contribution < -0.4 is 19.1 Å². The molecule has 1 aliphatic heterocycles. The fourth-order valence-electron chi connectivity index (χ4n) is 3.69. The van der Waals surface area contributed by atoms with Gasteiger partial charge in [-0.25, -0.2) is 0 Å². The Balaban J connectivity index is 1.71. The quantitative estimate of drug-likeness (QED) is 0.602. The number of amides is 1. The summed E-state index contributed by atoms with van der Waals surface area (Å²) in [7, 11) is 4.86. The van der Waals surface area contributed by atoms with Crippen molar-refractivity contribution in [2.45, 2.75) is 19.1 Å². The number of hydrogen-bond donors (Lipinski definition) is 1. The van der Waals surface area contributed by atoms with Crippen LogP contribution in [0.15, 0.2) is 42.5 Å². The summed E-state index contributed by atoms with van der Waals surface area (Å²) in [5.41, 5.74) is 1.95. The van der Waals surface area contributed by atoms with Gasteiger partial charge in [-0.15, -0.1) is 0 Å². The predicted octanol–water partition coefficient (Wildman–Crippen LogP) is 2.33. The van der Waals surface area contributed by atoms with Gasteiger partial charge in [0.15, 0.2) is 0 Å². The van der Waals surface area contributed by atoms with E-state index in [4.69, 9.17) is 18.9 Å². The van der Waals surface area contributed by atoms with Gasteiger partial charge in [0.05, 0.1) is 20.8 Å². The van der Waals surface area contributed by atoms with Gasteiger partial charge in [0.25, 0.3) is 0 Å². The number of anilines is 1. The van der Waals surface area contributed by atoms with E-state index >= 15 is 0 Å². The Hall–Kier alpha value is -2.97. The van der Waals surface area contributed by atoms with Crippen molar-refractivity contribution < 1.29 is 28.8 Å². The first-order valence-corrected chi connectivity index (χ1v) is 10.7. The minimum absolute atomic E-state index is 0.0597. The van der Waals surface area contributed by atoms with Crippen LogP contribution >= 0.6 is 0 Å². The fraction of sp³-hybridized carbons (Fsp3) is 0.458. The lowest BCUT2D eigenvalue weighted by atomic mass is 10.1. The molecule has 174 valence electrons. The van der Waals surface area contributed by atoms with E-state index in [0.717, 1.165) is 22.7 Å². The van der Waals surface area contributed by atoms with Gasteiger partial charge in [-0.05, 0) is 48.0 Å². The second kappa shape index (κ2) is 11.6. The topological polar surface area (TPSA) is 80.7 Å². The van der Waals surface area contributed by atoms with Crippen LogP contribution in [0.3, 0.4) is 0 Å². The molecule has 3 rings (SSSR count). The molecule has 1 atom stereocenters. The average molecular weight is 445 g/mol. The average Bonchev–Trinajstić information content (AvgIpc) is 2.82. The summed E-state index contributed by atoms with van der Waals surface area (Å²) in [5, 5.41) is 10.7. The van der Waals surface area contributed by atoms with Crippen molar-refractivity contribution in [3.63, 3.8) is 0 Å². The Kier molecular flexibility index (Phi) is 8.58. The molecule has 2 aromatic rings. The van der Waals surface area contributed by atoms with Crippen LogP contribution in [0.2, 0.25) is 0 Å². The molecule has 0 fully saturated rings. The van der Waals surface area contributed by atoms with Crippen molar-refractivity contribution in [1.82, 2.24) is 4.90 Å². The number of rotatable bonds is 10. The van der Waals surface area contributed by atoms with Crippen molar-refractivity contribution in [3.05, 3.63) is 48.0 Å². The molecule has 0 aliphatic carbocycles.